The minimum Gasteiger partial charge on any atom is -0.308 e. The lowest BCUT2D eigenvalue weighted by molar-refractivity contribution is 0.563. The van der Waals surface area contributed by atoms with Crippen LogP contribution < -0.4 is 5.32 Å². The number of hydrogen-bond donors (Lipinski definition) is 1. The molecule has 4 nitrogen and oxygen atoms in total. The van der Waals surface area contributed by atoms with Crippen LogP contribution in [0.2, 0.25) is 0 Å². The molecule has 4 heteroatoms. The molecule has 1 rings (SSSR count). The Hall–Kier alpha value is -1.16. The maximum atomic E-state index is 4.35. The first-order chi connectivity index (χ1) is 7.11. The van der Waals surface area contributed by atoms with Gasteiger partial charge in [0, 0.05) is 6.04 Å². The van der Waals surface area contributed by atoms with E-state index in [1.165, 1.54) is 5.57 Å². The highest BCUT2D eigenvalue weighted by Gasteiger charge is 2.02. The molecule has 0 aliphatic carbocycles. The second-order valence-electron chi connectivity index (χ2n) is 4.00. The summed E-state index contributed by atoms with van der Waals surface area (Å²) in [6.07, 6.45) is 2.75. The molecule has 0 unspecified atom stereocenters. The Morgan fingerprint density at radius 1 is 1.60 bits per heavy atom. The summed E-state index contributed by atoms with van der Waals surface area (Å²) in [7, 11) is 0. The van der Waals surface area contributed by atoms with Gasteiger partial charge in [0.2, 0.25) is 0 Å². The van der Waals surface area contributed by atoms with Gasteiger partial charge in [-0.15, -0.1) is 0 Å². The van der Waals surface area contributed by atoms with Gasteiger partial charge in [-0.25, -0.2) is 9.67 Å². The van der Waals surface area contributed by atoms with E-state index in [0.717, 1.165) is 25.3 Å². The third-order valence-corrected chi connectivity index (χ3v) is 2.14. The normalized spacial score (nSPS) is 10.9. The Morgan fingerprint density at radius 2 is 2.33 bits per heavy atom. The van der Waals surface area contributed by atoms with Crippen LogP contribution in [0.3, 0.4) is 0 Å². The molecule has 15 heavy (non-hydrogen) atoms. The molecule has 0 fully saturated rings. The molecular formula is C11H20N4. The molecular weight excluding hydrogens is 188 g/mol. The standard InChI is InChI=1S/C11H20N4/c1-5-10(4)7-15-8-13-11(14-15)6-12-9(2)3/h8-9,12H,4-7H2,1-3H3. The fourth-order valence-electron chi connectivity index (χ4n) is 1.13. The second-order valence-corrected chi connectivity index (χ2v) is 4.00. The molecule has 0 aromatic carbocycles. The van der Waals surface area contributed by atoms with E-state index in [0.29, 0.717) is 6.04 Å². The molecule has 0 spiro atoms. The Kier molecular flexibility index (Phi) is 4.49. The summed E-state index contributed by atoms with van der Waals surface area (Å²) in [6, 6.07) is 0.461. The van der Waals surface area contributed by atoms with Gasteiger partial charge in [-0.3, -0.25) is 0 Å². The zero-order valence-corrected chi connectivity index (χ0v) is 9.82. The van der Waals surface area contributed by atoms with Crippen LogP contribution in [0.15, 0.2) is 18.5 Å². The van der Waals surface area contributed by atoms with E-state index in [2.05, 4.69) is 42.7 Å². The van der Waals surface area contributed by atoms with Gasteiger partial charge in [0.15, 0.2) is 5.82 Å². The highest BCUT2D eigenvalue weighted by molar-refractivity contribution is 4.93. The Labute approximate surface area is 91.4 Å². The highest BCUT2D eigenvalue weighted by Crippen LogP contribution is 2.00. The first kappa shape index (κ1) is 11.9. The number of nitrogens with zero attached hydrogens (tertiary/aromatic N) is 3. The summed E-state index contributed by atoms with van der Waals surface area (Å²) >= 11 is 0. The molecule has 0 aliphatic heterocycles. The summed E-state index contributed by atoms with van der Waals surface area (Å²) < 4.78 is 1.84. The Balaban J connectivity index is 2.45. The molecule has 0 saturated heterocycles. The molecule has 0 saturated carbocycles. The van der Waals surface area contributed by atoms with Crippen molar-refractivity contribution in [3.05, 3.63) is 24.3 Å². The van der Waals surface area contributed by atoms with Crippen LogP contribution in [0.25, 0.3) is 0 Å². The molecule has 84 valence electrons. The van der Waals surface area contributed by atoms with Crippen molar-refractivity contribution in [1.29, 1.82) is 0 Å². The van der Waals surface area contributed by atoms with Crippen LogP contribution in [0, 0.1) is 0 Å². The van der Waals surface area contributed by atoms with E-state index in [1.54, 1.807) is 6.33 Å². The van der Waals surface area contributed by atoms with Gasteiger partial charge < -0.3 is 5.32 Å². The third kappa shape index (κ3) is 4.25. The molecule has 1 aromatic heterocycles. The first-order valence-corrected chi connectivity index (χ1v) is 5.40. The van der Waals surface area contributed by atoms with Crippen molar-refractivity contribution in [2.24, 2.45) is 0 Å². The van der Waals surface area contributed by atoms with E-state index in [1.807, 2.05) is 4.68 Å². The van der Waals surface area contributed by atoms with Crippen molar-refractivity contribution >= 4 is 0 Å². The zero-order chi connectivity index (χ0) is 11.3. The topological polar surface area (TPSA) is 42.7 Å². The number of rotatable bonds is 6. The number of hydrogen-bond acceptors (Lipinski definition) is 3. The summed E-state index contributed by atoms with van der Waals surface area (Å²) in [5.41, 5.74) is 1.17. The number of allylic oxidation sites excluding steroid dienone is 1. The van der Waals surface area contributed by atoms with Crippen LogP contribution in [-0.2, 0) is 13.1 Å². The molecule has 0 aliphatic rings. The minimum absolute atomic E-state index is 0.461. The van der Waals surface area contributed by atoms with Crippen LogP contribution in [0.4, 0.5) is 0 Å². The molecule has 0 amide bonds. The van der Waals surface area contributed by atoms with Gasteiger partial charge in [0.25, 0.3) is 0 Å². The van der Waals surface area contributed by atoms with Gasteiger partial charge in [0.1, 0.15) is 6.33 Å². The van der Waals surface area contributed by atoms with Crippen molar-refractivity contribution < 1.29 is 0 Å². The van der Waals surface area contributed by atoms with Gasteiger partial charge >= 0.3 is 0 Å². The lowest BCUT2D eigenvalue weighted by Gasteiger charge is -2.04. The maximum Gasteiger partial charge on any atom is 0.164 e. The minimum atomic E-state index is 0.461. The summed E-state index contributed by atoms with van der Waals surface area (Å²) in [5.74, 6) is 0.840. The maximum absolute atomic E-state index is 4.35. The van der Waals surface area contributed by atoms with Gasteiger partial charge in [-0.2, -0.15) is 5.10 Å². The predicted octanol–water partition coefficient (Wildman–Crippen LogP) is 1.74. The average Bonchev–Trinajstić information content (AvgIpc) is 2.62. The summed E-state index contributed by atoms with van der Waals surface area (Å²) in [4.78, 5) is 4.22. The van der Waals surface area contributed by atoms with E-state index in [9.17, 15) is 0 Å². The van der Waals surface area contributed by atoms with Crippen molar-refractivity contribution in [1.82, 2.24) is 20.1 Å². The summed E-state index contributed by atoms with van der Waals surface area (Å²) in [5, 5.41) is 7.63. The van der Waals surface area contributed by atoms with Crippen molar-refractivity contribution in [3.63, 3.8) is 0 Å². The third-order valence-electron chi connectivity index (χ3n) is 2.14. The molecule has 0 bridgehead atoms. The lowest BCUT2D eigenvalue weighted by Crippen LogP contribution is -2.22. The van der Waals surface area contributed by atoms with E-state index in [-0.39, 0.29) is 0 Å². The SMILES string of the molecule is C=C(CC)Cn1cnc(CNC(C)C)n1. The number of aromatic nitrogens is 3. The van der Waals surface area contributed by atoms with Crippen LogP contribution >= 0.6 is 0 Å². The van der Waals surface area contributed by atoms with Gasteiger partial charge in [0.05, 0.1) is 13.1 Å². The Morgan fingerprint density at radius 3 is 2.93 bits per heavy atom. The van der Waals surface area contributed by atoms with Crippen molar-refractivity contribution in [3.8, 4) is 0 Å². The predicted molar refractivity (Wildman–Crippen MR) is 61.4 cm³/mol. The average molecular weight is 208 g/mol. The molecule has 0 atom stereocenters. The highest BCUT2D eigenvalue weighted by atomic mass is 15.3. The van der Waals surface area contributed by atoms with Gasteiger partial charge in [-0.05, 0) is 6.42 Å². The van der Waals surface area contributed by atoms with Crippen LogP contribution in [0.5, 0.6) is 0 Å². The second kappa shape index (κ2) is 5.66. The fourth-order valence-corrected chi connectivity index (χ4v) is 1.13. The molecule has 1 N–H and O–H groups in total. The molecule has 1 aromatic rings. The van der Waals surface area contributed by atoms with Gasteiger partial charge in [-0.1, -0.05) is 32.9 Å². The van der Waals surface area contributed by atoms with Crippen LogP contribution in [-0.4, -0.2) is 20.8 Å². The monoisotopic (exact) mass is 208 g/mol. The van der Waals surface area contributed by atoms with Crippen LogP contribution in [0.1, 0.15) is 33.0 Å². The van der Waals surface area contributed by atoms with Crippen molar-refractivity contribution in [2.45, 2.75) is 46.3 Å². The number of nitrogens with one attached hydrogen (secondary N) is 1. The smallest absolute Gasteiger partial charge is 0.164 e. The largest absolute Gasteiger partial charge is 0.308 e. The Bertz CT molecular complexity index is 314. The van der Waals surface area contributed by atoms with Crippen molar-refractivity contribution in [2.75, 3.05) is 0 Å². The molecule has 1 heterocycles. The summed E-state index contributed by atoms with van der Waals surface area (Å²) in [6.45, 7) is 11.8. The fraction of sp³-hybridized carbons (Fsp3) is 0.636. The van der Waals surface area contributed by atoms with E-state index in [4.69, 9.17) is 0 Å². The van der Waals surface area contributed by atoms with E-state index < -0.39 is 0 Å². The first-order valence-electron chi connectivity index (χ1n) is 5.40. The molecule has 0 radical (unpaired) electrons. The lowest BCUT2D eigenvalue weighted by atomic mass is 10.2. The zero-order valence-electron chi connectivity index (χ0n) is 9.82. The quantitative estimate of drug-likeness (QED) is 0.724. The van der Waals surface area contributed by atoms with E-state index >= 15 is 0 Å².